The van der Waals surface area contributed by atoms with Gasteiger partial charge in [-0.3, -0.25) is 4.79 Å². The van der Waals surface area contributed by atoms with Crippen LogP contribution in [0.25, 0.3) is 0 Å². The Balaban J connectivity index is 2.07. The second-order valence-corrected chi connectivity index (χ2v) is 3.98. The molecule has 2 heterocycles. The smallest absolute Gasteiger partial charge is 0.268 e. The Morgan fingerprint density at radius 1 is 1.75 bits per heavy atom. The maximum Gasteiger partial charge on any atom is 0.268 e. The first kappa shape index (κ1) is 11.0. The van der Waals surface area contributed by atoms with Gasteiger partial charge in [0.1, 0.15) is 5.69 Å². The molecule has 1 aliphatic heterocycles. The van der Waals surface area contributed by atoms with E-state index in [9.17, 15) is 4.79 Å². The molecule has 2 rings (SSSR count). The van der Waals surface area contributed by atoms with E-state index in [1.54, 1.807) is 12.3 Å². The number of nitrogen functional groups attached to an aromatic ring is 1. The molecule has 1 aromatic heterocycles. The number of rotatable bonds is 3. The molecule has 5 heteroatoms. The minimum absolute atomic E-state index is 0.0750. The number of aryl methyl sites for hydroxylation is 1. The lowest BCUT2D eigenvalue weighted by Gasteiger charge is -2.11. The van der Waals surface area contributed by atoms with Crippen molar-refractivity contribution in [1.29, 1.82) is 0 Å². The summed E-state index contributed by atoms with van der Waals surface area (Å²) in [6.07, 6.45) is 2.66. The SMILES string of the molecule is CCn1cc(N)cc1C(=O)NC1CCOC1. The number of nitrogens with zero attached hydrogens (tertiary/aromatic N) is 1. The first-order valence-electron chi connectivity index (χ1n) is 5.55. The quantitative estimate of drug-likeness (QED) is 0.788. The van der Waals surface area contributed by atoms with Crippen LogP contribution in [-0.4, -0.2) is 29.7 Å². The fourth-order valence-corrected chi connectivity index (χ4v) is 1.89. The molecule has 0 spiro atoms. The molecule has 1 aromatic rings. The molecule has 1 atom stereocenters. The second-order valence-electron chi connectivity index (χ2n) is 3.98. The van der Waals surface area contributed by atoms with Crippen LogP contribution in [0.3, 0.4) is 0 Å². The lowest BCUT2D eigenvalue weighted by Crippen LogP contribution is -2.36. The fourth-order valence-electron chi connectivity index (χ4n) is 1.89. The third-order valence-electron chi connectivity index (χ3n) is 2.76. The monoisotopic (exact) mass is 223 g/mol. The molecule has 0 bridgehead atoms. The molecule has 1 amide bonds. The van der Waals surface area contributed by atoms with Crippen molar-refractivity contribution in [2.45, 2.75) is 25.9 Å². The average Bonchev–Trinajstić information content (AvgIpc) is 2.86. The van der Waals surface area contributed by atoms with E-state index < -0.39 is 0 Å². The summed E-state index contributed by atoms with van der Waals surface area (Å²) in [5, 5.41) is 2.94. The summed E-state index contributed by atoms with van der Waals surface area (Å²) in [6, 6.07) is 1.84. The summed E-state index contributed by atoms with van der Waals surface area (Å²) in [5.74, 6) is -0.0750. The van der Waals surface area contributed by atoms with Gasteiger partial charge in [-0.05, 0) is 19.4 Å². The van der Waals surface area contributed by atoms with Crippen molar-refractivity contribution in [2.24, 2.45) is 0 Å². The van der Waals surface area contributed by atoms with Gasteiger partial charge in [0, 0.05) is 19.3 Å². The highest BCUT2D eigenvalue weighted by molar-refractivity contribution is 5.94. The molecular weight excluding hydrogens is 206 g/mol. The largest absolute Gasteiger partial charge is 0.397 e. The zero-order chi connectivity index (χ0) is 11.5. The topological polar surface area (TPSA) is 69.3 Å². The predicted molar refractivity (Wildman–Crippen MR) is 61.2 cm³/mol. The van der Waals surface area contributed by atoms with Crippen molar-refractivity contribution in [2.75, 3.05) is 18.9 Å². The first-order chi connectivity index (χ1) is 7.70. The Hall–Kier alpha value is -1.49. The molecule has 1 unspecified atom stereocenters. The summed E-state index contributed by atoms with van der Waals surface area (Å²) in [7, 11) is 0. The van der Waals surface area contributed by atoms with Gasteiger partial charge >= 0.3 is 0 Å². The van der Waals surface area contributed by atoms with Gasteiger partial charge < -0.3 is 20.4 Å². The number of ether oxygens (including phenoxy) is 1. The molecule has 1 aliphatic rings. The molecular formula is C11H17N3O2. The number of hydrogen-bond donors (Lipinski definition) is 2. The Morgan fingerprint density at radius 3 is 3.19 bits per heavy atom. The standard InChI is InChI=1S/C11H17N3O2/c1-2-14-6-8(12)5-10(14)11(15)13-9-3-4-16-7-9/h5-6,9H,2-4,7,12H2,1H3,(H,13,15). The van der Waals surface area contributed by atoms with Gasteiger partial charge in [-0.25, -0.2) is 0 Å². The molecule has 0 saturated carbocycles. The van der Waals surface area contributed by atoms with Gasteiger partial charge in [0.25, 0.3) is 5.91 Å². The van der Waals surface area contributed by atoms with Crippen molar-refractivity contribution in [3.05, 3.63) is 18.0 Å². The highest BCUT2D eigenvalue weighted by Crippen LogP contribution is 2.12. The third kappa shape index (κ3) is 2.19. The van der Waals surface area contributed by atoms with Crippen molar-refractivity contribution in [3.63, 3.8) is 0 Å². The van der Waals surface area contributed by atoms with Crippen LogP contribution in [0.2, 0.25) is 0 Å². The molecule has 16 heavy (non-hydrogen) atoms. The van der Waals surface area contributed by atoms with Crippen LogP contribution in [0.5, 0.6) is 0 Å². The Kier molecular flexibility index (Phi) is 3.14. The van der Waals surface area contributed by atoms with Crippen LogP contribution < -0.4 is 11.1 Å². The number of anilines is 1. The van der Waals surface area contributed by atoms with Gasteiger partial charge in [-0.2, -0.15) is 0 Å². The third-order valence-corrected chi connectivity index (χ3v) is 2.76. The van der Waals surface area contributed by atoms with Gasteiger partial charge in [-0.1, -0.05) is 0 Å². The predicted octanol–water partition coefficient (Wildman–Crippen LogP) is 0.609. The first-order valence-corrected chi connectivity index (χ1v) is 5.55. The summed E-state index contributed by atoms with van der Waals surface area (Å²) in [5.41, 5.74) is 6.91. The molecule has 3 N–H and O–H groups in total. The highest BCUT2D eigenvalue weighted by atomic mass is 16.5. The summed E-state index contributed by atoms with van der Waals surface area (Å²) in [6.45, 7) is 4.05. The van der Waals surface area contributed by atoms with E-state index in [1.807, 2.05) is 11.5 Å². The minimum Gasteiger partial charge on any atom is -0.397 e. The number of nitrogens with one attached hydrogen (secondary N) is 1. The summed E-state index contributed by atoms with van der Waals surface area (Å²) >= 11 is 0. The number of carbonyl (C=O) groups is 1. The van der Waals surface area contributed by atoms with E-state index in [4.69, 9.17) is 10.5 Å². The molecule has 0 aromatic carbocycles. The van der Waals surface area contributed by atoms with Crippen LogP contribution in [0.4, 0.5) is 5.69 Å². The molecule has 5 nitrogen and oxygen atoms in total. The molecule has 1 saturated heterocycles. The van der Waals surface area contributed by atoms with Crippen LogP contribution in [-0.2, 0) is 11.3 Å². The van der Waals surface area contributed by atoms with Crippen molar-refractivity contribution >= 4 is 11.6 Å². The molecule has 0 radical (unpaired) electrons. The van der Waals surface area contributed by atoms with E-state index in [-0.39, 0.29) is 11.9 Å². The minimum atomic E-state index is -0.0750. The number of hydrogen-bond acceptors (Lipinski definition) is 3. The second kappa shape index (κ2) is 4.57. The molecule has 88 valence electrons. The normalized spacial score (nSPS) is 19.9. The Labute approximate surface area is 94.6 Å². The van der Waals surface area contributed by atoms with Crippen LogP contribution in [0.1, 0.15) is 23.8 Å². The summed E-state index contributed by atoms with van der Waals surface area (Å²) in [4.78, 5) is 12.0. The maximum atomic E-state index is 12.0. The van der Waals surface area contributed by atoms with Crippen molar-refractivity contribution in [3.8, 4) is 0 Å². The zero-order valence-corrected chi connectivity index (χ0v) is 9.40. The van der Waals surface area contributed by atoms with Gasteiger partial charge in [-0.15, -0.1) is 0 Å². The molecule has 0 aliphatic carbocycles. The van der Waals surface area contributed by atoms with E-state index in [1.165, 1.54) is 0 Å². The van der Waals surface area contributed by atoms with Gasteiger partial charge in [0.05, 0.1) is 18.3 Å². The van der Waals surface area contributed by atoms with Gasteiger partial charge in [0.15, 0.2) is 0 Å². The van der Waals surface area contributed by atoms with Crippen LogP contribution >= 0.6 is 0 Å². The number of amides is 1. The number of carbonyl (C=O) groups excluding carboxylic acids is 1. The van der Waals surface area contributed by atoms with E-state index in [0.717, 1.165) is 19.6 Å². The lowest BCUT2D eigenvalue weighted by atomic mass is 10.2. The van der Waals surface area contributed by atoms with Gasteiger partial charge in [0.2, 0.25) is 0 Å². The number of nitrogens with two attached hydrogens (primary N) is 1. The summed E-state index contributed by atoms with van der Waals surface area (Å²) < 4.78 is 7.06. The zero-order valence-electron chi connectivity index (χ0n) is 9.40. The highest BCUT2D eigenvalue weighted by Gasteiger charge is 2.20. The van der Waals surface area contributed by atoms with Crippen LogP contribution in [0, 0.1) is 0 Å². The van der Waals surface area contributed by atoms with Crippen LogP contribution in [0.15, 0.2) is 12.3 Å². The van der Waals surface area contributed by atoms with E-state index in [0.29, 0.717) is 18.0 Å². The Morgan fingerprint density at radius 2 is 2.56 bits per heavy atom. The lowest BCUT2D eigenvalue weighted by molar-refractivity contribution is 0.0920. The Bertz CT molecular complexity index is 381. The maximum absolute atomic E-state index is 12.0. The van der Waals surface area contributed by atoms with E-state index >= 15 is 0 Å². The number of aromatic nitrogens is 1. The van der Waals surface area contributed by atoms with E-state index in [2.05, 4.69) is 5.32 Å². The van der Waals surface area contributed by atoms with Crippen molar-refractivity contribution < 1.29 is 9.53 Å². The molecule has 1 fully saturated rings. The average molecular weight is 223 g/mol. The fraction of sp³-hybridized carbons (Fsp3) is 0.545. The van der Waals surface area contributed by atoms with Crippen molar-refractivity contribution in [1.82, 2.24) is 9.88 Å².